The van der Waals surface area contributed by atoms with Crippen LogP contribution in [0.2, 0.25) is 0 Å². The van der Waals surface area contributed by atoms with Crippen LogP contribution >= 0.6 is 0 Å². The Morgan fingerprint density at radius 1 is 1.22 bits per heavy atom. The molecule has 1 aliphatic heterocycles. The fourth-order valence-electron chi connectivity index (χ4n) is 2.07. The summed E-state index contributed by atoms with van der Waals surface area (Å²) in [5.41, 5.74) is -1.16. The van der Waals surface area contributed by atoms with Crippen molar-refractivity contribution in [2.75, 3.05) is 0 Å². The quantitative estimate of drug-likeness (QED) is 0.487. The number of ether oxygens (including phenoxy) is 1. The van der Waals surface area contributed by atoms with Gasteiger partial charge in [-0.2, -0.15) is 13.2 Å². The summed E-state index contributed by atoms with van der Waals surface area (Å²) >= 11 is 0. The molecule has 1 heterocycles. The van der Waals surface area contributed by atoms with E-state index in [-0.39, 0.29) is 11.3 Å². The zero-order chi connectivity index (χ0) is 17.2. The lowest BCUT2D eigenvalue weighted by atomic mass is 9.95. The maximum Gasteiger partial charge on any atom is 0.416 e. The molecule has 0 bridgehead atoms. The van der Waals surface area contributed by atoms with E-state index in [0.717, 1.165) is 24.3 Å². The zero-order valence-electron chi connectivity index (χ0n) is 11.9. The lowest BCUT2D eigenvalue weighted by Gasteiger charge is -2.16. The maximum atomic E-state index is 12.8. The van der Waals surface area contributed by atoms with Crippen molar-refractivity contribution >= 4 is 23.6 Å². The second-order valence-corrected chi connectivity index (χ2v) is 4.83. The highest BCUT2D eigenvalue weighted by molar-refractivity contribution is 6.25. The third-order valence-corrected chi connectivity index (χ3v) is 3.11. The first-order valence-electron chi connectivity index (χ1n) is 6.52. The highest BCUT2D eigenvalue weighted by Crippen LogP contribution is 2.32. The van der Waals surface area contributed by atoms with Crippen LogP contribution in [-0.2, 0) is 25.3 Å². The molecule has 0 spiro atoms. The smallest absolute Gasteiger partial charge is 0.416 e. The van der Waals surface area contributed by atoms with Gasteiger partial charge in [-0.15, -0.1) is 0 Å². The summed E-state index contributed by atoms with van der Waals surface area (Å²) in [7, 11) is 0. The molecule has 0 aromatic heterocycles. The number of hydrogen-bond acceptors (Lipinski definition) is 4. The first-order valence-corrected chi connectivity index (χ1v) is 6.52. The van der Waals surface area contributed by atoms with Gasteiger partial charge in [0.15, 0.2) is 17.5 Å². The second-order valence-electron chi connectivity index (χ2n) is 4.83. The Bertz CT molecular complexity index is 729. The van der Waals surface area contributed by atoms with Gasteiger partial charge >= 0.3 is 12.1 Å². The van der Waals surface area contributed by atoms with Crippen LogP contribution in [0.25, 0.3) is 6.08 Å². The number of rotatable bonds is 3. The van der Waals surface area contributed by atoms with Crippen molar-refractivity contribution in [2.45, 2.75) is 13.1 Å². The molecule has 0 aliphatic carbocycles. The van der Waals surface area contributed by atoms with Gasteiger partial charge in [0.25, 0.3) is 0 Å². The van der Waals surface area contributed by atoms with E-state index in [2.05, 4.69) is 4.74 Å². The number of ketones is 2. The van der Waals surface area contributed by atoms with Crippen LogP contribution in [0.3, 0.4) is 0 Å². The van der Waals surface area contributed by atoms with Gasteiger partial charge in [0.05, 0.1) is 5.56 Å². The van der Waals surface area contributed by atoms with Gasteiger partial charge in [-0.05, 0) is 24.6 Å². The molecule has 23 heavy (non-hydrogen) atoms. The molecule has 2 rings (SSSR count). The molecule has 0 saturated carbocycles. The zero-order valence-corrected chi connectivity index (χ0v) is 11.9. The molecule has 7 heteroatoms. The molecule has 4 nitrogen and oxygen atoms in total. The second kappa shape index (κ2) is 6.20. The van der Waals surface area contributed by atoms with Gasteiger partial charge in [0.1, 0.15) is 5.76 Å². The molecule has 0 N–H and O–H groups in total. The number of cyclic esters (lactones) is 1. The third-order valence-electron chi connectivity index (χ3n) is 3.11. The van der Waals surface area contributed by atoms with Gasteiger partial charge in [0.2, 0.25) is 0 Å². The molecule has 1 aromatic rings. The highest BCUT2D eigenvalue weighted by Gasteiger charge is 2.36. The number of halogens is 3. The van der Waals surface area contributed by atoms with Crippen LogP contribution in [0.4, 0.5) is 13.2 Å². The summed E-state index contributed by atoms with van der Waals surface area (Å²) in [6.07, 6.45) is -1.87. The van der Waals surface area contributed by atoms with Gasteiger partial charge < -0.3 is 4.74 Å². The molecule has 120 valence electrons. The van der Waals surface area contributed by atoms with Crippen molar-refractivity contribution < 1.29 is 32.3 Å². The minimum atomic E-state index is -4.58. The summed E-state index contributed by atoms with van der Waals surface area (Å²) in [5, 5.41) is 0. The molecular formula is C16H11F3O4. The predicted molar refractivity (Wildman–Crippen MR) is 73.8 cm³/mol. The van der Waals surface area contributed by atoms with Crippen molar-refractivity contribution in [1.82, 2.24) is 0 Å². The summed E-state index contributed by atoms with van der Waals surface area (Å²) in [6, 6.07) is 4.65. The standard InChI is InChI=1S/C16H11F3O4/c1-9-8-13(21)14(15(22)23-9)12(20)7-6-10-4-2-3-5-11(10)16(17,18)19/h2-8,14H,1H3/b7-6+. The van der Waals surface area contributed by atoms with Crippen LogP contribution in [-0.4, -0.2) is 17.5 Å². The first-order chi connectivity index (χ1) is 10.7. The van der Waals surface area contributed by atoms with Crippen molar-refractivity contribution in [2.24, 2.45) is 5.92 Å². The number of carbonyl (C=O) groups excluding carboxylic acids is 3. The number of carbonyl (C=O) groups is 3. The maximum absolute atomic E-state index is 12.8. The minimum absolute atomic E-state index is 0.0652. The molecule has 0 saturated heterocycles. The molecular weight excluding hydrogens is 313 g/mol. The van der Waals surface area contributed by atoms with Crippen LogP contribution in [0.1, 0.15) is 18.1 Å². The van der Waals surface area contributed by atoms with E-state index < -0.39 is 35.2 Å². The van der Waals surface area contributed by atoms with Gasteiger partial charge in [0, 0.05) is 6.08 Å². The van der Waals surface area contributed by atoms with Crippen LogP contribution in [0.15, 0.2) is 42.2 Å². The fraction of sp³-hybridized carbons (Fsp3) is 0.188. The topological polar surface area (TPSA) is 60.4 Å². The van der Waals surface area contributed by atoms with Gasteiger partial charge in [-0.3, -0.25) is 14.4 Å². The lowest BCUT2D eigenvalue weighted by molar-refractivity contribution is -0.151. The Balaban J connectivity index is 2.26. The minimum Gasteiger partial charge on any atom is -0.430 e. The van der Waals surface area contributed by atoms with E-state index in [1.54, 1.807) is 0 Å². The number of alkyl halides is 3. The Morgan fingerprint density at radius 3 is 2.48 bits per heavy atom. The SMILES string of the molecule is CC1=CC(=O)C(C(=O)/C=C/c2ccccc2C(F)(F)F)C(=O)O1. The van der Waals surface area contributed by atoms with Crippen molar-refractivity contribution in [1.29, 1.82) is 0 Å². The monoisotopic (exact) mass is 324 g/mol. The van der Waals surface area contributed by atoms with E-state index in [4.69, 9.17) is 0 Å². The Hall–Kier alpha value is -2.70. The fourth-order valence-corrected chi connectivity index (χ4v) is 2.07. The molecule has 1 aromatic carbocycles. The van der Waals surface area contributed by atoms with E-state index in [1.807, 2.05) is 0 Å². The van der Waals surface area contributed by atoms with E-state index in [9.17, 15) is 27.6 Å². The van der Waals surface area contributed by atoms with E-state index in [0.29, 0.717) is 0 Å². The molecule has 1 aliphatic rings. The molecule has 0 fully saturated rings. The van der Waals surface area contributed by atoms with Crippen molar-refractivity contribution in [3.8, 4) is 0 Å². The number of benzene rings is 1. The largest absolute Gasteiger partial charge is 0.430 e. The number of hydrogen-bond donors (Lipinski definition) is 0. The van der Waals surface area contributed by atoms with Gasteiger partial charge in [-0.25, -0.2) is 0 Å². The number of allylic oxidation sites excluding steroid dienone is 3. The summed E-state index contributed by atoms with van der Waals surface area (Å²) in [4.78, 5) is 35.2. The Morgan fingerprint density at radius 2 is 1.87 bits per heavy atom. The van der Waals surface area contributed by atoms with Crippen LogP contribution in [0, 0.1) is 5.92 Å². The van der Waals surface area contributed by atoms with Gasteiger partial charge in [-0.1, -0.05) is 24.3 Å². The summed E-state index contributed by atoms with van der Waals surface area (Å²) < 4.78 is 43.2. The van der Waals surface area contributed by atoms with E-state index >= 15 is 0 Å². The van der Waals surface area contributed by atoms with Crippen molar-refractivity contribution in [3.63, 3.8) is 0 Å². The molecule has 0 radical (unpaired) electrons. The van der Waals surface area contributed by atoms with E-state index in [1.165, 1.54) is 25.1 Å². The highest BCUT2D eigenvalue weighted by atomic mass is 19.4. The molecule has 1 unspecified atom stereocenters. The van der Waals surface area contributed by atoms with Crippen molar-refractivity contribution in [3.05, 3.63) is 53.3 Å². The normalized spacial score (nSPS) is 18.8. The number of esters is 1. The predicted octanol–water partition coefficient (Wildman–Crippen LogP) is 2.93. The van der Waals surface area contributed by atoms with Crippen LogP contribution in [0.5, 0.6) is 0 Å². The summed E-state index contributed by atoms with van der Waals surface area (Å²) in [5.74, 6) is -4.32. The first kappa shape index (κ1) is 16.7. The average molecular weight is 324 g/mol. The average Bonchev–Trinajstić information content (AvgIpc) is 2.43. The Labute approximate surface area is 129 Å². The van der Waals surface area contributed by atoms with Crippen LogP contribution < -0.4 is 0 Å². The third kappa shape index (κ3) is 3.74. The summed E-state index contributed by atoms with van der Waals surface area (Å²) in [6.45, 7) is 1.38. The lowest BCUT2D eigenvalue weighted by Crippen LogP contribution is -2.34. The molecule has 1 atom stereocenters. The Kier molecular flexibility index (Phi) is 4.49. The molecule has 0 amide bonds.